The standard InChI is InChI=1S/C14H21NO4S/c1-11-5-3-4-8-15(11)20(17,18)14-9-12(10-16)6-7-13(14)19-2/h6-7,9,11,16H,3-5,8,10H2,1-2H3. The number of aliphatic hydroxyl groups excluding tert-OH is 1. The summed E-state index contributed by atoms with van der Waals surface area (Å²) in [6, 6.07) is 4.75. The highest BCUT2D eigenvalue weighted by Gasteiger charge is 2.33. The average Bonchev–Trinajstić information content (AvgIpc) is 2.46. The first-order chi connectivity index (χ1) is 9.50. The maximum atomic E-state index is 12.8. The molecule has 0 bridgehead atoms. The van der Waals surface area contributed by atoms with Crippen LogP contribution in [0.25, 0.3) is 0 Å². The van der Waals surface area contributed by atoms with Crippen LogP contribution in [0, 0.1) is 0 Å². The molecule has 1 saturated heterocycles. The van der Waals surface area contributed by atoms with Crippen LogP contribution in [0.5, 0.6) is 5.75 Å². The number of nitrogens with zero attached hydrogens (tertiary/aromatic N) is 1. The van der Waals surface area contributed by atoms with Gasteiger partial charge in [-0.05, 0) is 37.5 Å². The minimum Gasteiger partial charge on any atom is -0.495 e. The number of sulfonamides is 1. The number of rotatable bonds is 4. The fraction of sp³-hybridized carbons (Fsp3) is 0.571. The number of methoxy groups -OCH3 is 1. The lowest BCUT2D eigenvalue weighted by Gasteiger charge is -2.32. The van der Waals surface area contributed by atoms with Crippen LogP contribution in [0.15, 0.2) is 23.1 Å². The highest BCUT2D eigenvalue weighted by Crippen LogP contribution is 2.31. The van der Waals surface area contributed by atoms with Gasteiger partial charge in [0.05, 0.1) is 13.7 Å². The van der Waals surface area contributed by atoms with Crippen LogP contribution in [0.4, 0.5) is 0 Å². The quantitative estimate of drug-likeness (QED) is 0.920. The largest absolute Gasteiger partial charge is 0.495 e. The Morgan fingerprint density at radius 2 is 2.15 bits per heavy atom. The van der Waals surface area contributed by atoms with Gasteiger partial charge in [0.25, 0.3) is 0 Å². The highest BCUT2D eigenvalue weighted by molar-refractivity contribution is 7.89. The Labute approximate surface area is 120 Å². The van der Waals surface area contributed by atoms with Gasteiger partial charge in [0, 0.05) is 12.6 Å². The normalized spacial score (nSPS) is 20.9. The molecule has 1 heterocycles. The Hall–Kier alpha value is -1.11. The topological polar surface area (TPSA) is 66.8 Å². The molecule has 5 nitrogen and oxygen atoms in total. The Bertz CT molecular complexity index is 571. The lowest BCUT2D eigenvalue weighted by molar-refractivity contribution is 0.267. The van der Waals surface area contributed by atoms with E-state index in [1.807, 2.05) is 6.92 Å². The molecule has 1 aliphatic rings. The molecule has 1 unspecified atom stereocenters. The van der Waals surface area contributed by atoms with Crippen molar-refractivity contribution in [2.75, 3.05) is 13.7 Å². The van der Waals surface area contributed by atoms with Gasteiger partial charge in [-0.15, -0.1) is 0 Å². The SMILES string of the molecule is COc1ccc(CO)cc1S(=O)(=O)N1CCCCC1C. The van der Waals surface area contributed by atoms with Crippen molar-refractivity contribution in [1.82, 2.24) is 4.31 Å². The fourth-order valence-electron chi connectivity index (χ4n) is 2.58. The number of ether oxygens (including phenoxy) is 1. The molecule has 6 heteroatoms. The molecule has 2 rings (SSSR count). The summed E-state index contributed by atoms with van der Waals surface area (Å²) in [5, 5.41) is 9.20. The molecule has 0 saturated carbocycles. The molecular formula is C14H21NO4S. The number of hydrogen-bond acceptors (Lipinski definition) is 4. The van der Waals surface area contributed by atoms with Crippen LogP contribution in [0.2, 0.25) is 0 Å². The van der Waals surface area contributed by atoms with Gasteiger partial charge in [-0.25, -0.2) is 8.42 Å². The number of benzene rings is 1. The highest BCUT2D eigenvalue weighted by atomic mass is 32.2. The van der Waals surface area contributed by atoms with E-state index < -0.39 is 10.0 Å². The monoisotopic (exact) mass is 299 g/mol. The zero-order chi connectivity index (χ0) is 14.8. The molecule has 1 aliphatic heterocycles. The van der Waals surface area contributed by atoms with Crippen molar-refractivity contribution in [3.63, 3.8) is 0 Å². The Morgan fingerprint density at radius 1 is 1.40 bits per heavy atom. The zero-order valence-corrected chi connectivity index (χ0v) is 12.7. The Balaban J connectivity index is 2.47. The van der Waals surface area contributed by atoms with E-state index in [2.05, 4.69) is 0 Å². The van der Waals surface area contributed by atoms with Gasteiger partial charge in [-0.2, -0.15) is 4.31 Å². The van der Waals surface area contributed by atoms with Crippen LogP contribution < -0.4 is 4.74 Å². The summed E-state index contributed by atoms with van der Waals surface area (Å²) in [7, 11) is -2.14. The molecule has 0 aliphatic carbocycles. The van der Waals surface area contributed by atoms with Gasteiger partial charge in [0.15, 0.2) is 0 Å². The van der Waals surface area contributed by atoms with E-state index in [9.17, 15) is 13.5 Å². The summed E-state index contributed by atoms with van der Waals surface area (Å²) in [6.45, 7) is 2.27. The molecule has 1 N–H and O–H groups in total. The average molecular weight is 299 g/mol. The van der Waals surface area contributed by atoms with E-state index >= 15 is 0 Å². The molecule has 112 valence electrons. The summed E-state index contributed by atoms with van der Waals surface area (Å²) in [6.07, 6.45) is 2.81. The third kappa shape index (κ3) is 2.82. The first kappa shape index (κ1) is 15.3. The number of hydrogen-bond donors (Lipinski definition) is 1. The van der Waals surface area contributed by atoms with Gasteiger partial charge >= 0.3 is 0 Å². The zero-order valence-electron chi connectivity index (χ0n) is 11.9. The van der Waals surface area contributed by atoms with Crippen LogP contribution in [0.3, 0.4) is 0 Å². The molecular weight excluding hydrogens is 278 g/mol. The first-order valence-corrected chi connectivity index (χ1v) is 8.24. The van der Waals surface area contributed by atoms with Crippen LogP contribution in [-0.4, -0.2) is 37.5 Å². The maximum Gasteiger partial charge on any atom is 0.247 e. The number of piperidine rings is 1. The molecule has 20 heavy (non-hydrogen) atoms. The van der Waals surface area contributed by atoms with E-state index in [4.69, 9.17) is 4.74 Å². The summed E-state index contributed by atoms with van der Waals surface area (Å²) >= 11 is 0. The molecule has 1 atom stereocenters. The maximum absolute atomic E-state index is 12.8. The van der Waals surface area contributed by atoms with Crippen molar-refractivity contribution in [2.24, 2.45) is 0 Å². The minimum absolute atomic E-state index is 0.00348. The van der Waals surface area contributed by atoms with Crippen LogP contribution in [0.1, 0.15) is 31.7 Å². The van der Waals surface area contributed by atoms with Crippen molar-refractivity contribution in [3.8, 4) is 5.75 Å². The van der Waals surface area contributed by atoms with E-state index in [0.29, 0.717) is 17.9 Å². The predicted molar refractivity (Wildman–Crippen MR) is 76.1 cm³/mol. The molecule has 1 aromatic carbocycles. The van der Waals surface area contributed by atoms with E-state index in [-0.39, 0.29) is 17.5 Å². The second kappa shape index (κ2) is 6.11. The fourth-order valence-corrected chi connectivity index (χ4v) is 4.48. The molecule has 0 aromatic heterocycles. The van der Waals surface area contributed by atoms with E-state index in [1.165, 1.54) is 17.5 Å². The smallest absolute Gasteiger partial charge is 0.247 e. The van der Waals surface area contributed by atoms with Crippen molar-refractivity contribution in [2.45, 2.75) is 43.7 Å². The van der Waals surface area contributed by atoms with Gasteiger partial charge in [-0.1, -0.05) is 12.5 Å². The molecule has 0 amide bonds. The van der Waals surface area contributed by atoms with E-state index in [1.54, 1.807) is 12.1 Å². The summed E-state index contributed by atoms with van der Waals surface area (Å²) < 4.78 is 32.3. The van der Waals surface area contributed by atoms with Crippen molar-refractivity contribution in [1.29, 1.82) is 0 Å². The lowest BCUT2D eigenvalue weighted by Crippen LogP contribution is -2.42. The first-order valence-electron chi connectivity index (χ1n) is 6.80. The Kier molecular flexibility index (Phi) is 4.67. The molecule has 0 radical (unpaired) electrons. The second-order valence-corrected chi connectivity index (χ2v) is 6.96. The molecule has 0 spiro atoms. The van der Waals surface area contributed by atoms with Gasteiger partial charge in [0.2, 0.25) is 10.0 Å². The van der Waals surface area contributed by atoms with Gasteiger partial charge in [-0.3, -0.25) is 0 Å². The molecule has 1 fully saturated rings. The van der Waals surface area contributed by atoms with Crippen LogP contribution in [-0.2, 0) is 16.6 Å². The van der Waals surface area contributed by atoms with Crippen molar-refractivity contribution in [3.05, 3.63) is 23.8 Å². The second-order valence-electron chi connectivity index (χ2n) is 5.10. The van der Waals surface area contributed by atoms with Crippen molar-refractivity contribution < 1.29 is 18.3 Å². The summed E-state index contributed by atoms with van der Waals surface area (Å²) in [5.41, 5.74) is 0.564. The lowest BCUT2D eigenvalue weighted by atomic mass is 10.1. The summed E-state index contributed by atoms with van der Waals surface area (Å²) in [5.74, 6) is 0.319. The van der Waals surface area contributed by atoms with Gasteiger partial charge < -0.3 is 9.84 Å². The molecule has 1 aromatic rings. The van der Waals surface area contributed by atoms with Crippen molar-refractivity contribution >= 4 is 10.0 Å². The number of aliphatic hydroxyl groups is 1. The third-order valence-electron chi connectivity index (χ3n) is 3.74. The Morgan fingerprint density at radius 3 is 2.75 bits per heavy atom. The van der Waals surface area contributed by atoms with Gasteiger partial charge in [0.1, 0.15) is 10.6 Å². The minimum atomic E-state index is -3.59. The van der Waals surface area contributed by atoms with Crippen LogP contribution >= 0.6 is 0 Å². The predicted octanol–water partition coefficient (Wildman–Crippen LogP) is 1.75. The van der Waals surface area contributed by atoms with E-state index in [0.717, 1.165) is 19.3 Å². The third-order valence-corrected chi connectivity index (χ3v) is 5.77. The summed E-state index contributed by atoms with van der Waals surface area (Å²) in [4.78, 5) is 0.139.